The maximum Gasteiger partial charge on any atom is 0.244 e. The number of carbonyl (C=O) groups is 1. The lowest BCUT2D eigenvalue weighted by atomic mass is 10.1. The van der Waals surface area contributed by atoms with E-state index >= 15 is 0 Å². The number of fused-ring (bicyclic) bond motifs is 2. The van der Waals surface area contributed by atoms with Crippen LogP contribution in [0.15, 0.2) is 76.4 Å². The first-order chi connectivity index (χ1) is 14.3. The highest BCUT2D eigenvalue weighted by atomic mass is 32.2. The number of hydrogen-bond donors (Lipinski definition) is 1. The highest BCUT2D eigenvalue weighted by Crippen LogP contribution is 2.22. The first-order valence-corrected chi connectivity index (χ1v) is 10.9. The monoisotopic (exact) mass is 424 g/mol. The van der Waals surface area contributed by atoms with Crippen molar-refractivity contribution in [3.8, 4) is 0 Å². The zero-order chi connectivity index (χ0) is 21.5. The van der Waals surface area contributed by atoms with Crippen LogP contribution >= 0.6 is 0 Å². The van der Waals surface area contributed by atoms with Crippen molar-refractivity contribution in [2.45, 2.75) is 11.4 Å². The Hall–Kier alpha value is -3.52. The summed E-state index contributed by atoms with van der Waals surface area (Å²) in [4.78, 5) is 25.4. The lowest BCUT2D eigenvalue weighted by Crippen LogP contribution is -2.22. The Labute approximate surface area is 171 Å². The average molecular weight is 424 g/mol. The molecular formula is C22H17FN2O4S. The molecule has 0 unspecified atom stereocenters. The molecule has 4 rings (SSSR count). The second-order valence-electron chi connectivity index (χ2n) is 6.91. The van der Waals surface area contributed by atoms with E-state index in [-0.39, 0.29) is 22.6 Å². The Morgan fingerprint density at radius 1 is 0.967 bits per heavy atom. The SMILES string of the molecule is CS(=O)(=O)c1ccc(F)c(NC(=O)Cn2c3ccccc3c(=O)c3ccccc32)c1. The predicted molar refractivity (Wildman–Crippen MR) is 114 cm³/mol. The average Bonchev–Trinajstić information content (AvgIpc) is 2.72. The maximum atomic E-state index is 14.2. The molecule has 152 valence electrons. The van der Waals surface area contributed by atoms with Gasteiger partial charge in [0.25, 0.3) is 0 Å². The van der Waals surface area contributed by atoms with Gasteiger partial charge in [-0.05, 0) is 42.5 Å². The van der Waals surface area contributed by atoms with E-state index in [1.165, 1.54) is 0 Å². The number of anilines is 1. The topological polar surface area (TPSA) is 85.2 Å². The summed E-state index contributed by atoms with van der Waals surface area (Å²) in [7, 11) is -3.56. The third-order valence-corrected chi connectivity index (χ3v) is 5.93. The van der Waals surface area contributed by atoms with Crippen LogP contribution in [0, 0.1) is 5.82 Å². The number of amides is 1. The minimum atomic E-state index is -3.56. The zero-order valence-electron chi connectivity index (χ0n) is 15.9. The number of aromatic nitrogens is 1. The van der Waals surface area contributed by atoms with Crippen molar-refractivity contribution < 1.29 is 17.6 Å². The van der Waals surface area contributed by atoms with E-state index in [4.69, 9.17) is 0 Å². The molecule has 1 N–H and O–H groups in total. The van der Waals surface area contributed by atoms with E-state index in [1.807, 2.05) is 0 Å². The summed E-state index contributed by atoms with van der Waals surface area (Å²) in [6.07, 6.45) is 1.00. The number of hydrogen-bond acceptors (Lipinski definition) is 4. The van der Waals surface area contributed by atoms with Crippen molar-refractivity contribution in [2.24, 2.45) is 0 Å². The lowest BCUT2D eigenvalue weighted by Gasteiger charge is -2.15. The van der Waals surface area contributed by atoms with Gasteiger partial charge >= 0.3 is 0 Å². The third kappa shape index (κ3) is 3.57. The molecule has 30 heavy (non-hydrogen) atoms. The number of nitrogens with zero attached hydrogens (tertiary/aromatic N) is 1. The van der Waals surface area contributed by atoms with Crippen LogP contribution in [0.1, 0.15) is 0 Å². The van der Waals surface area contributed by atoms with Crippen LogP contribution in [0.4, 0.5) is 10.1 Å². The van der Waals surface area contributed by atoms with E-state index in [0.717, 1.165) is 24.5 Å². The number of pyridine rings is 1. The number of carbonyl (C=O) groups excluding carboxylic acids is 1. The van der Waals surface area contributed by atoms with Crippen LogP contribution in [-0.4, -0.2) is 25.1 Å². The molecule has 8 heteroatoms. The number of benzene rings is 3. The van der Waals surface area contributed by atoms with Gasteiger partial charge in [0.2, 0.25) is 5.91 Å². The van der Waals surface area contributed by atoms with Crippen molar-refractivity contribution in [1.82, 2.24) is 4.57 Å². The molecule has 4 aromatic rings. The van der Waals surface area contributed by atoms with Crippen molar-refractivity contribution in [1.29, 1.82) is 0 Å². The predicted octanol–water partition coefficient (Wildman–Crippen LogP) is 3.34. The van der Waals surface area contributed by atoms with E-state index < -0.39 is 21.6 Å². The molecule has 0 saturated carbocycles. The highest BCUT2D eigenvalue weighted by molar-refractivity contribution is 7.90. The Bertz CT molecular complexity index is 1420. The first-order valence-electron chi connectivity index (χ1n) is 9.05. The number of nitrogens with one attached hydrogen (secondary N) is 1. The van der Waals surface area contributed by atoms with Gasteiger partial charge in [-0.1, -0.05) is 24.3 Å². The van der Waals surface area contributed by atoms with E-state index in [2.05, 4.69) is 5.32 Å². The second kappa shape index (κ2) is 7.38. The normalized spacial score (nSPS) is 11.7. The van der Waals surface area contributed by atoms with Crippen LogP contribution in [0.2, 0.25) is 0 Å². The van der Waals surface area contributed by atoms with Crippen LogP contribution in [0.25, 0.3) is 21.8 Å². The van der Waals surface area contributed by atoms with Gasteiger partial charge < -0.3 is 9.88 Å². The Morgan fingerprint density at radius 2 is 1.53 bits per heavy atom. The molecular weight excluding hydrogens is 407 g/mol. The van der Waals surface area contributed by atoms with Crippen molar-refractivity contribution >= 4 is 43.2 Å². The molecule has 1 heterocycles. The van der Waals surface area contributed by atoms with Gasteiger partial charge in [-0.15, -0.1) is 0 Å². The Balaban J connectivity index is 1.77. The summed E-state index contributed by atoms with van der Waals surface area (Å²) in [5.74, 6) is -1.30. The molecule has 0 aliphatic carbocycles. The fourth-order valence-corrected chi connectivity index (χ4v) is 4.06. The molecule has 0 spiro atoms. The summed E-state index contributed by atoms with van der Waals surface area (Å²) in [6, 6.07) is 17.1. The zero-order valence-corrected chi connectivity index (χ0v) is 16.7. The molecule has 0 aliphatic rings. The standard InChI is InChI=1S/C22H17FN2O4S/c1-30(28,29)14-10-11-17(23)18(12-14)24-21(26)13-25-19-8-4-2-6-15(19)22(27)16-7-3-5-9-20(16)25/h2-12H,13H2,1H3,(H,24,26). The van der Waals surface area contributed by atoms with Gasteiger partial charge in [0.15, 0.2) is 15.3 Å². The van der Waals surface area contributed by atoms with E-state index in [9.17, 15) is 22.4 Å². The van der Waals surface area contributed by atoms with Crippen LogP contribution in [-0.2, 0) is 21.2 Å². The minimum absolute atomic E-state index is 0.0986. The molecule has 0 aliphatic heterocycles. The highest BCUT2D eigenvalue weighted by Gasteiger charge is 2.16. The van der Waals surface area contributed by atoms with Gasteiger partial charge in [-0.3, -0.25) is 9.59 Å². The lowest BCUT2D eigenvalue weighted by molar-refractivity contribution is -0.116. The Kier molecular flexibility index (Phi) is 4.87. The van der Waals surface area contributed by atoms with E-state index in [0.29, 0.717) is 21.8 Å². The van der Waals surface area contributed by atoms with Crippen LogP contribution < -0.4 is 10.7 Å². The number of rotatable bonds is 4. The third-order valence-electron chi connectivity index (χ3n) is 4.82. The van der Waals surface area contributed by atoms with Crippen LogP contribution in [0.5, 0.6) is 0 Å². The Morgan fingerprint density at radius 3 is 2.10 bits per heavy atom. The molecule has 0 atom stereocenters. The molecule has 0 saturated heterocycles. The summed E-state index contributed by atoms with van der Waals surface area (Å²) >= 11 is 0. The summed E-state index contributed by atoms with van der Waals surface area (Å²) in [5, 5.41) is 3.37. The second-order valence-corrected chi connectivity index (χ2v) is 8.93. The quantitative estimate of drug-likeness (QED) is 0.402. The van der Waals surface area contributed by atoms with Gasteiger partial charge in [0.05, 0.1) is 21.6 Å². The first kappa shape index (κ1) is 19.8. The van der Waals surface area contributed by atoms with Gasteiger partial charge in [0.1, 0.15) is 12.4 Å². The number of halogens is 1. The molecule has 0 radical (unpaired) electrons. The fraction of sp³-hybridized carbons (Fsp3) is 0.0909. The van der Waals surface area contributed by atoms with E-state index in [1.54, 1.807) is 53.1 Å². The largest absolute Gasteiger partial charge is 0.331 e. The number of sulfone groups is 1. The molecule has 1 aromatic heterocycles. The number of para-hydroxylation sites is 2. The fourth-order valence-electron chi connectivity index (χ4n) is 3.41. The smallest absolute Gasteiger partial charge is 0.244 e. The summed E-state index contributed by atoms with van der Waals surface area (Å²) in [5.41, 5.74) is 0.783. The molecule has 0 fully saturated rings. The molecule has 1 amide bonds. The van der Waals surface area contributed by atoms with Crippen LogP contribution in [0.3, 0.4) is 0 Å². The molecule has 6 nitrogen and oxygen atoms in total. The van der Waals surface area contributed by atoms with Crippen molar-refractivity contribution in [2.75, 3.05) is 11.6 Å². The molecule has 3 aromatic carbocycles. The summed E-state index contributed by atoms with van der Waals surface area (Å²) in [6.45, 7) is -0.191. The van der Waals surface area contributed by atoms with Gasteiger partial charge in [-0.25, -0.2) is 12.8 Å². The summed E-state index contributed by atoms with van der Waals surface area (Å²) < 4.78 is 39.3. The maximum absolute atomic E-state index is 14.2. The molecule has 0 bridgehead atoms. The van der Waals surface area contributed by atoms with Crippen molar-refractivity contribution in [3.05, 3.63) is 82.8 Å². The minimum Gasteiger partial charge on any atom is -0.331 e. The van der Waals surface area contributed by atoms with Gasteiger partial charge in [-0.2, -0.15) is 0 Å². The van der Waals surface area contributed by atoms with Crippen molar-refractivity contribution in [3.63, 3.8) is 0 Å². The van der Waals surface area contributed by atoms with Gasteiger partial charge in [0, 0.05) is 17.0 Å².